The Morgan fingerprint density at radius 3 is 2.50 bits per heavy atom. The van der Waals surface area contributed by atoms with Crippen LogP contribution in [0.2, 0.25) is 10.0 Å². The van der Waals surface area contributed by atoms with Crippen molar-refractivity contribution < 1.29 is 9.53 Å². The van der Waals surface area contributed by atoms with Crippen molar-refractivity contribution in [1.29, 1.82) is 5.26 Å². The Balaban J connectivity index is 1.71. The average Bonchev–Trinajstić information content (AvgIpc) is 2.76. The van der Waals surface area contributed by atoms with Crippen molar-refractivity contribution in [2.75, 3.05) is 5.32 Å². The third kappa shape index (κ3) is 6.14. The van der Waals surface area contributed by atoms with Gasteiger partial charge in [-0.2, -0.15) is 5.26 Å². The van der Waals surface area contributed by atoms with Crippen LogP contribution < -0.4 is 10.1 Å². The molecule has 0 radical (unpaired) electrons. The molecule has 32 heavy (non-hydrogen) atoms. The van der Waals surface area contributed by atoms with Crippen LogP contribution in [-0.4, -0.2) is 5.91 Å². The average molecular weight is 530 g/mol. The Morgan fingerprint density at radius 1 is 1.06 bits per heavy atom. The zero-order chi connectivity index (χ0) is 23.3. The van der Waals surface area contributed by atoms with Crippen molar-refractivity contribution >= 4 is 56.8 Å². The van der Waals surface area contributed by atoms with Gasteiger partial charge in [0.2, 0.25) is 0 Å². The van der Waals surface area contributed by atoms with E-state index in [9.17, 15) is 10.1 Å². The summed E-state index contributed by atoms with van der Waals surface area (Å²) >= 11 is 15.4. The van der Waals surface area contributed by atoms with Gasteiger partial charge >= 0.3 is 0 Å². The SMILES string of the molecule is Cc1ccc(COc2ccc(/C=C(\C#N)C(=O)Nc3ccc(Cl)c(Cl)c3)cc2Br)cc1C. The summed E-state index contributed by atoms with van der Waals surface area (Å²) in [6.45, 7) is 4.58. The summed E-state index contributed by atoms with van der Waals surface area (Å²) in [5, 5.41) is 12.8. The fourth-order valence-electron chi connectivity index (χ4n) is 2.87. The first-order valence-corrected chi connectivity index (χ1v) is 11.2. The number of rotatable bonds is 6. The lowest BCUT2D eigenvalue weighted by molar-refractivity contribution is -0.112. The first-order chi connectivity index (χ1) is 15.3. The van der Waals surface area contributed by atoms with Crippen LogP contribution in [0.3, 0.4) is 0 Å². The maximum Gasteiger partial charge on any atom is 0.266 e. The lowest BCUT2D eigenvalue weighted by Gasteiger charge is -2.10. The van der Waals surface area contributed by atoms with Gasteiger partial charge in [0.15, 0.2) is 0 Å². The maximum atomic E-state index is 12.5. The van der Waals surface area contributed by atoms with Gasteiger partial charge in [-0.3, -0.25) is 4.79 Å². The topological polar surface area (TPSA) is 62.1 Å². The van der Waals surface area contributed by atoms with Gasteiger partial charge in [0.1, 0.15) is 24.0 Å². The smallest absolute Gasteiger partial charge is 0.266 e. The molecule has 4 nitrogen and oxygen atoms in total. The summed E-state index contributed by atoms with van der Waals surface area (Å²) in [4.78, 5) is 12.5. The number of nitriles is 1. The first-order valence-electron chi connectivity index (χ1n) is 9.63. The second-order valence-electron chi connectivity index (χ2n) is 7.15. The van der Waals surface area contributed by atoms with Crippen LogP contribution in [0.5, 0.6) is 5.75 Å². The largest absolute Gasteiger partial charge is 0.488 e. The van der Waals surface area contributed by atoms with Crippen LogP contribution in [0.15, 0.2) is 64.6 Å². The molecule has 0 unspecified atom stereocenters. The number of nitrogens with zero attached hydrogens (tertiary/aromatic N) is 1. The standard InChI is InChI=1S/C25H19BrCl2N2O2/c1-15-3-4-18(9-16(15)2)14-32-24-8-5-17(11-21(24)26)10-19(13-29)25(31)30-20-6-7-22(27)23(28)12-20/h3-12H,14H2,1-2H3,(H,30,31)/b19-10+. The fraction of sp³-hybridized carbons (Fsp3) is 0.120. The van der Waals surface area contributed by atoms with Crippen LogP contribution >= 0.6 is 39.1 Å². The molecule has 0 aliphatic rings. The monoisotopic (exact) mass is 528 g/mol. The predicted octanol–water partition coefficient (Wildman–Crippen LogP) is 7.50. The van der Waals surface area contributed by atoms with Crippen LogP contribution in [0, 0.1) is 25.2 Å². The van der Waals surface area contributed by atoms with Crippen LogP contribution in [0.1, 0.15) is 22.3 Å². The van der Waals surface area contributed by atoms with E-state index in [-0.39, 0.29) is 5.57 Å². The summed E-state index contributed by atoms with van der Waals surface area (Å²) in [6, 6.07) is 18.2. The molecule has 0 fully saturated rings. The zero-order valence-electron chi connectivity index (χ0n) is 17.4. The van der Waals surface area contributed by atoms with Crippen LogP contribution in [0.4, 0.5) is 5.69 Å². The molecule has 0 heterocycles. The molecular formula is C25H19BrCl2N2O2. The van der Waals surface area contributed by atoms with Crippen molar-refractivity contribution in [1.82, 2.24) is 0 Å². The number of hydrogen-bond donors (Lipinski definition) is 1. The lowest BCUT2D eigenvalue weighted by atomic mass is 10.1. The van der Waals surface area contributed by atoms with Gasteiger partial charge in [-0.1, -0.05) is 47.5 Å². The van der Waals surface area contributed by atoms with Crippen molar-refractivity contribution in [3.05, 3.63) is 96.9 Å². The van der Waals surface area contributed by atoms with E-state index >= 15 is 0 Å². The molecule has 7 heteroatoms. The number of nitrogens with one attached hydrogen (secondary N) is 1. The molecule has 0 saturated carbocycles. The summed E-state index contributed by atoms with van der Waals surface area (Å²) in [5.74, 6) is 0.122. The number of hydrogen-bond acceptors (Lipinski definition) is 3. The molecule has 0 spiro atoms. The summed E-state index contributed by atoms with van der Waals surface area (Å²) < 4.78 is 6.64. The number of aryl methyl sites for hydroxylation is 2. The minimum atomic E-state index is -0.544. The molecule has 0 saturated heterocycles. The van der Waals surface area contributed by atoms with E-state index in [4.69, 9.17) is 27.9 Å². The third-order valence-electron chi connectivity index (χ3n) is 4.78. The number of ether oxygens (including phenoxy) is 1. The number of anilines is 1. The lowest BCUT2D eigenvalue weighted by Crippen LogP contribution is -2.13. The van der Waals surface area contributed by atoms with E-state index < -0.39 is 5.91 Å². The van der Waals surface area contributed by atoms with Gasteiger partial charge in [-0.15, -0.1) is 0 Å². The quantitative estimate of drug-likeness (QED) is 0.265. The van der Waals surface area contributed by atoms with Gasteiger partial charge in [-0.25, -0.2) is 0 Å². The summed E-state index contributed by atoms with van der Waals surface area (Å²) in [7, 11) is 0. The van der Waals surface area contributed by atoms with Gasteiger partial charge in [0.05, 0.1) is 14.5 Å². The minimum absolute atomic E-state index is 0.0493. The van der Waals surface area contributed by atoms with E-state index in [1.807, 2.05) is 12.1 Å². The van der Waals surface area contributed by atoms with E-state index in [0.29, 0.717) is 33.7 Å². The van der Waals surface area contributed by atoms with Gasteiger partial charge in [0, 0.05) is 5.69 Å². The molecule has 0 aromatic heterocycles. The van der Waals surface area contributed by atoms with E-state index in [0.717, 1.165) is 10.0 Å². The number of amides is 1. The molecule has 3 aromatic rings. The highest BCUT2D eigenvalue weighted by atomic mass is 79.9. The highest BCUT2D eigenvalue weighted by Gasteiger charge is 2.11. The Hall–Kier alpha value is -2.78. The van der Waals surface area contributed by atoms with Crippen molar-refractivity contribution in [2.24, 2.45) is 0 Å². The molecule has 3 rings (SSSR count). The second-order valence-corrected chi connectivity index (χ2v) is 8.82. The zero-order valence-corrected chi connectivity index (χ0v) is 20.5. The summed E-state index contributed by atoms with van der Waals surface area (Å²) in [6.07, 6.45) is 1.50. The predicted molar refractivity (Wildman–Crippen MR) is 133 cm³/mol. The molecule has 0 bridgehead atoms. The Bertz CT molecular complexity index is 1250. The molecule has 0 aliphatic heterocycles. The molecule has 1 N–H and O–H groups in total. The van der Waals surface area contributed by atoms with Crippen molar-refractivity contribution in [3.63, 3.8) is 0 Å². The molecule has 162 valence electrons. The first kappa shape index (κ1) is 23.9. The van der Waals surface area contributed by atoms with Crippen molar-refractivity contribution in [2.45, 2.75) is 20.5 Å². The number of carbonyl (C=O) groups is 1. The number of halogens is 3. The van der Waals surface area contributed by atoms with Gasteiger partial charge in [-0.05, 0) is 88.4 Å². The minimum Gasteiger partial charge on any atom is -0.488 e. The number of carbonyl (C=O) groups excluding carboxylic acids is 1. The van der Waals surface area contributed by atoms with Crippen LogP contribution in [-0.2, 0) is 11.4 Å². The Morgan fingerprint density at radius 2 is 1.84 bits per heavy atom. The molecule has 0 atom stereocenters. The molecule has 0 aliphatic carbocycles. The molecule has 1 amide bonds. The highest BCUT2D eigenvalue weighted by molar-refractivity contribution is 9.10. The van der Waals surface area contributed by atoms with E-state index in [1.165, 1.54) is 23.3 Å². The van der Waals surface area contributed by atoms with Gasteiger partial charge < -0.3 is 10.1 Å². The molecule has 3 aromatic carbocycles. The summed E-state index contributed by atoms with van der Waals surface area (Å²) in [5.41, 5.74) is 4.61. The van der Waals surface area contributed by atoms with E-state index in [1.54, 1.807) is 30.3 Å². The number of benzene rings is 3. The Kier molecular flexibility index (Phi) is 7.98. The van der Waals surface area contributed by atoms with Crippen LogP contribution in [0.25, 0.3) is 6.08 Å². The normalized spacial score (nSPS) is 11.1. The maximum absolute atomic E-state index is 12.5. The Labute approximate surface area is 205 Å². The van der Waals surface area contributed by atoms with E-state index in [2.05, 4.69) is 47.2 Å². The fourth-order valence-corrected chi connectivity index (χ4v) is 3.67. The molecular weight excluding hydrogens is 511 g/mol. The van der Waals surface area contributed by atoms with Gasteiger partial charge in [0.25, 0.3) is 5.91 Å². The third-order valence-corrected chi connectivity index (χ3v) is 6.13. The highest BCUT2D eigenvalue weighted by Crippen LogP contribution is 2.28. The van der Waals surface area contributed by atoms with Crippen molar-refractivity contribution in [3.8, 4) is 11.8 Å². The second kappa shape index (κ2) is 10.7.